The van der Waals surface area contributed by atoms with E-state index in [1.807, 2.05) is 422 Å². The third-order valence-electron chi connectivity index (χ3n) is 4.71. The van der Waals surface area contributed by atoms with Crippen LogP contribution in [0.2, 0.25) is 0 Å². The molecule has 12 heterocycles. The Bertz CT molecular complexity index is 1340. The molecule has 0 bridgehead atoms. The SMILES string of the molecule is CC.CC.CC.CC.CC.CC.CC.CC.CC.CC.CC.CC.CC.CC.CC.CC.CC.CC.CC.CC.CC.CC.CC.CC.c1c[nH]cn1.c1cc[nH]c1.c1ccoc1.c1ccoc1.c1ccsc1.c1cn[nH]c1.c1cn[nH]c1.c1cn[nH]n1.c1cnoc1.c1cnoc1.c1cocn1.c1cscn1. The van der Waals surface area contributed by atoms with Crippen molar-refractivity contribution in [3.8, 4) is 0 Å². The molecule has 0 aromatic carbocycles. The molecule has 12 aromatic rings. The molecule has 21 heteroatoms. The minimum Gasteiger partial charge on any atom is -0.473 e. The molecule has 0 radical (unpaired) electrons. The summed E-state index contributed by atoms with van der Waals surface area (Å²) in [5, 5.41) is 34.5. The summed E-state index contributed by atoms with van der Waals surface area (Å²) in [5.74, 6) is 0. The predicted molar refractivity (Wildman–Crippen MR) is 499 cm³/mol. The molecule has 12 rings (SSSR count). The number of aromatic nitrogens is 14. The van der Waals surface area contributed by atoms with Crippen LogP contribution >= 0.6 is 22.7 Å². The molecule has 19 nitrogen and oxygen atoms in total. The smallest absolute Gasteiger partial charge is 0.180 e. The van der Waals surface area contributed by atoms with Gasteiger partial charge in [-0.1, -0.05) is 355 Å². The molecule has 5 N–H and O–H groups in total. The number of nitrogens with zero attached hydrogens (tertiary/aromatic N) is 9. The molecule has 0 aliphatic rings. The van der Waals surface area contributed by atoms with E-state index in [0.717, 1.165) is 0 Å². The average Bonchev–Trinajstić information content (AvgIpc) is 4.66. The lowest BCUT2D eigenvalue weighted by Crippen LogP contribution is -1.61. The molecule has 0 amide bonds. The Morgan fingerprint density at radius 1 is 0.222 bits per heavy atom. The molecule has 0 fully saturated rings. The standard InChI is InChI=1S/C4H5N.2C4H4O.C4H4S.3C3H4N2.3C3H3NO.C3H3NS.C2H3N3.24C2H6/c4*1-2-4-5-3-1;1-2-5-3-4-1;2*1-2-4-5-3-1;1-2-5-3-4-1;2*1-2-4-5-3-1;1-2-5-3-4-1;1-2-4-5-3-1;24*1-2/h1-5H;3*1-4H;3*1-3H,(H,4,5);4*1-3H;1-2H,(H,3,4,5);24*1-2H3. The number of hydrogen-bond donors (Lipinski definition) is 5. The van der Waals surface area contributed by atoms with Gasteiger partial charge >= 0.3 is 0 Å². The molecule has 0 unspecified atom stereocenters. The fourth-order valence-electron chi connectivity index (χ4n) is 2.47. The van der Waals surface area contributed by atoms with Crippen LogP contribution in [0, 0.1) is 0 Å². The fraction of sp³-hybridized carbons (Fsp3) is 0.552. The molecule has 0 aliphatic carbocycles. The zero-order valence-corrected chi connectivity index (χ0v) is 81.5. The van der Waals surface area contributed by atoms with Gasteiger partial charge in [0.2, 0.25) is 0 Å². The van der Waals surface area contributed by atoms with Crippen molar-refractivity contribution >= 4 is 22.7 Å². The first-order valence-corrected chi connectivity index (χ1v) is 42.8. The van der Waals surface area contributed by atoms with Crippen LogP contribution in [0.25, 0.3) is 0 Å². The number of aromatic amines is 5. The van der Waals surface area contributed by atoms with Crippen molar-refractivity contribution < 1.29 is 22.3 Å². The number of oxazole rings is 1. The van der Waals surface area contributed by atoms with Gasteiger partial charge in [-0.05, 0) is 71.4 Å². The average molecular weight is 1570 g/mol. The van der Waals surface area contributed by atoms with Crippen LogP contribution in [0.4, 0.5) is 0 Å². The molecule has 0 spiro atoms. The highest BCUT2D eigenvalue weighted by atomic mass is 32.1. The van der Waals surface area contributed by atoms with Crippen molar-refractivity contribution in [2.45, 2.75) is 332 Å². The van der Waals surface area contributed by atoms with E-state index in [1.165, 1.54) is 25.2 Å². The minimum atomic E-state index is 1.38. The van der Waals surface area contributed by atoms with Crippen LogP contribution < -0.4 is 0 Å². The molecule has 0 atom stereocenters. The molecular formula is C87H188N14O5S2. The van der Waals surface area contributed by atoms with Crippen molar-refractivity contribution in [2.75, 3.05) is 0 Å². The van der Waals surface area contributed by atoms with Gasteiger partial charge in [-0.2, -0.15) is 36.9 Å². The second-order valence-corrected chi connectivity index (χ2v) is 10.5. The summed E-state index contributed by atoms with van der Waals surface area (Å²) in [5.41, 5.74) is 1.79. The summed E-state index contributed by atoms with van der Waals surface area (Å²) in [6, 6.07) is 22.4. The van der Waals surface area contributed by atoms with E-state index < -0.39 is 0 Å². The van der Waals surface area contributed by atoms with E-state index in [9.17, 15) is 0 Å². The quantitative estimate of drug-likeness (QED) is 0.0946. The van der Waals surface area contributed by atoms with Crippen molar-refractivity contribution in [3.63, 3.8) is 0 Å². The normalized spacial score (nSPS) is 5.78. The van der Waals surface area contributed by atoms with E-state index in [-0.39, 0.29) is 0 Å². The minimum absolute atomic E-state index is 1.38. The van der Waals surface area contributed by atoms with Crippen molar-refractivity contribution in [2.24, 2.45) is 0 Å². The van der Waals surface area contributed by atoms with Gasteiger partial charge < -0.3 is 32.3 Å². The molecule has 108 heavy (non-hydrogen) atoms. The molecule has 12 aromatic heterocycles. The van der Waals surface area contributed by atoms with Gasteiger partial charge in [0.05, 0.1) is 67.9 Å². The molecule has 0 aliphatic heterocycles. The van der Waals surface area contributed by atoms with Crippen molar-refractivity contribution in [1.82, 2.24) is 71.0 Å². The Hall–Kier alpha value is -8.43. The maximum absolute atomic E-state index is 4.58. The lowest BCUT2D eigenvalue weighted by molar-refractivity contribution is 0.419. The number of thiophene rings is 1. The summed E-state index contributed by atoms with van der Waals surface area (Å²) < 4.78 is 22.3. The molecule has 648 valence electrons. The highest BCUT2D eigenvalue weighted by Crippen LogP contribution is 1.91. The Morgan fingerprint density at radius 2 is 0.565 bits per heavy atom. The van der Waals surface area contributed by atoms with Crippen molar-refractivity contribution in [1.29, 1.82) is 0 Å². The van der Waals surface area contributed by atoms with E-state index in [4.69, 9.17) is 0 Å². The van der Waals surface area contributed by atoms with Crippen LogP contribution in [0.3, 0.4) is 0 Å². The van der Waals surface area contributed by atoms with Crippen molar-refractivity contribution in [3.05, 3.63) is 238 Å². The van der Waals surface area contributed by atoms with Gasteiger partial charge in [-0.15, -0.1) is 11.3 Å². The van der Waals surface area contributed by atoms with Gasteiger partial charge in [0.1, 0.15) is 18.8 Å². The Kier molecular flexibility index (Phi) is 553. The van der Waals surface area contributed by atoms with Gasteiger partial charge in [0.25, 0.3) is 0 Å². The highest BCUT2D eigenvalue weighted by molar-refractivity contribution is 7.07. The van der Waals surface area contributed by atoms with Crippen LogP contribution in [0.1, 0.15) is 332 Å². The number of imidazole rings is 1. The van der Waals surface area contributed by atoms with E-state index in [2.05, 4.69) is 93.3 Å². The molecule has 0 saturated heterocycles. The first-order valence-electron chi connectivity index (χ1n) is 40.9. The van der Waals surface area contributed by atoms with Crippen LogP contribution in [0.15, 0.2) is 260 Å². The van der Waals surface area contributed by atoms with Gasteiger partial charge in [0, 0.05) is 61.2 Å². The fourth-order valence-corrected chi connectivity index (χ4v) is 3.28. The van der Waals surface area contributed by atoms with Gasteiger partial charge in [-0.25, -0.2) is 9.97 Å². The number of H-pyrrole nitrogens is 5. The zero-order chi connectivity index (χ0) is 90.4. The number of thiazole rings is 1. The highest BCUT2D eigenvalue weighted by Gasteiger charge is 1.64. The largest absolute Gasteiger partial charge is 0.473 e. The third kappa shape index (κ3) is 342. The van der Waals surface area contributed by atoms with E-state index >= 15 is 0 Å². The molecular weight excluding hydrogens is 1390 g/mol. The Morgan fingerprint density at radius 3 is 0.648 bits per heavy atom. The van der Waals surface area contributed by atoms with Gasteiger partial charge in [0.15, 0.2) is 6.39 Å². The first-order chi connectivity index (χ1) is 54.0. The van der Waals surface area contributed by atoms with Gasteiger partial charge in [-0.3, -0.25) is 15.2 Å². The second-order valence-electron chi connectivity index (χ2n) is 8.94. The maximum Gasteiger partial charge on any atom is 0.180 e. The molecule has 0 saturated carbocycles. The lowest BCUT2D eigenvalue weighted by Gasteiger charge is -1.50. The monoisotopic (exact) mass is 1570 g/mol. The van der Waals surface area contributed by atoms with E-state index in [1.54, 1.807) is 146 Å². The topological polar surface area (TPSA) is 261 Å². The van der Waals surface area contributed by atoms with Crippen LogP contribution in [0.5, 0.6) is 0 Å². The second kappa shape index (κ2) is 353. The summed E-state index contributed by atoms with van der Waals surface area (Å²) in [6.45, 7) is 96.0. The summed E-state index contributed by atoms with van der Waals surface area (Å²) >= 11 is 3.31. The zero-order valence-electron chi connectivity index (χ0n) is 79.9. The third-order valence-corrected chi connectivity index (χ3v) is 5.86. The van der Waals surface area contributed by atoms with Crippen LogP contribution in [-0.2, 0) is 0 Å². The summed E-state index contributed by atoms with van der Waals surface area (Å²) in [7, 11) is 0. The number of nitrogens with one attached hydrogen (secondary N) is 5. The van der Waals surface area contributed by atoms with E-state index in [0.29, 0.717) is 0 Å². The Labute approximate surface area is 682 Å². The predicted octanol–water partition coefficient (Wildman–Crippen LogP) is 34.2. The first kappa shape index (κ1) is 169. The number of furan rings is 2. The van der Waals surface area contributed by atoms with Crippen LogP contribution in [-0.4, -0.2) is 71.0 Å². The number of hydrogen-bond acceptors (Lipinski definition) is 16. The number of rotatable bonds is 0. The summed E-state index contributed by atoms with van der Waals surface area (Å²) in [6.07, 6.45) is 37.9. The Balaban J connectivity index is -0.0000000309. The maximum atomic E-state index is 4.58. The summed E-state index contributed by atoms with van der Waals surface area (Å²) in [4.78, 5) is 16.6. The lowest BCUT2D eigenvalue weighted by atomic mass is 10.7.